The first kappa shape index (κ1) is 13.8. The average Bonchev–Trinajstić information content (AvgIpc) is 2.45. The van der Waals surface area contributed by atoms with E-state index in [4.69, 9.17) is 5.84 Å². The first-order chi connectivity index (χ1) is 9.22. The number of hydrogen-bond acceptors (Lipinski definition) is 2. The summed E-state index contributed by atoms with van der Waals surface area (Å²) < 4.78 is 0. The molecular weight excluding hydrogens is 232 g/mol. The minimum atomic E-state index is 0.208. The van der Waals surface area contributed by atoms with Crippen molar-refractivity contribution in [3.05, 3.63) is 70.8 Å². The molecule has 0 saturated heterocycles. The molecule has 2 aromatic rings. The highest BCUT2D eigenvalue weighted by atomic mass is 15.2. The number of benzene rings is 2. The van der Waals surface area contributed by atoms with Crippen molar-refractivity contribution < 1.29 is 0 Å². The maximum Gasteiger partial charge on any atom is 0.0465 e. The lowest BCUT2D eigenvalue weighted by atomic mass is 9.94. The van der Waals surface area contributed by atoms with Crippen LogP contribution in [0.25, 0.3) is 0 Å². The lowest BCUT2D eigenvalue weighted by molar-refractivity contribution is 0.514. The SMILES string of the molecule is Cc1cccc(C(CCc2ccccc2)NN)c1C. The molecule has 0 spiro atoms. The van der Waals surface area contributed by atoms with Crippen molar-refractivity contribution in [1.29, 1.82) is 0 Å². The van der Waals surface area contributed by atoms with Crippen molar-refractivity contribution in [1.82, 2.24) is 5.43 Å². The maximum absolute atomic E-state index is 5.74. The summed E-state index contributed by atoms with van der Waals surface area (Å²) in [7, 11) is 0. The summed E-state index contributed by atoms with van der Waals surface area (Å²) in [6.07, 6.45) is 2.04. The van der Waals surface area contributed by atoms with Crippen LogP contribution in [0.5, 0.6) is 0 Å². The Kier molecular flexibility index (Phi) is 4.72. The molecule has 0 aliphatic rings. The third kappa shape index (κ3) is 3.43. The van der Waals surface area contributed by atoms with Gasteiger partial charge in [-0.2, -0.15) is 0 Å². The highest BCUT2D eigenvalue weighted by molar-refractivity contribution is 5.35. The van der Waals surface area contributed by atoms with Crippen molar-refractivity contribution in [3.8, 4) is 0 Å². The van der Waals surface area contributed by atoms with Gasteiger partial charge in [0, 0.05) is 6.04 Å². The van der Waals surface area contributed by atoms with Gasteiger partial charge in [0.1, 0.15) is 0 Å². The van der Waals surface area contributed by atoms with Crippen LogP contribution in [0, 0.1) is 13.8 Å². The molecule has 3 N–H and O–H groups in total. The topological polar surface area (TPSA) is 38.0 Å². The first-order valence-electron chi connectivity index (χ1n) is 6.78. The molecule has 0 saturated carbocycles. The van der Waals surface area contributed by atoms with Gasteiger partial charge in [0.05, 0.1) is 0 Å². The minimum absolute atomic E-state index is 0.208. The van der Waals surface area contributed by atoms with Crippen LogP contribution in [0.2, 0.25) is 0 Å². The van der Waals surface area contributed by atoms with Gasteiger partial charge in [0.25, 0.3) is 0 Å². The van der Waals surface area contributed by atoms with Crippen LogP contribution < -0.4 is 11.3 Å². The Morgan fingerprint density at radius 2 is 1.74 bits per heavy atom. The molecule has 1 atom stereocenters. The standard InChI is InChI=1S/C17H22N2/c1-13-7-6-10-16(14(13)2)17(19-18)12-11-15-8-4-3-5-9-15/h3-10,17,19H,11-12,18H2,1-2H3. The predicted molar refractivity (Wildman–Crippen MR) is 80.7 cm³/mol. The Bertz CT molecular complexity index is 520. The lowest BCUT2D eigenvalue weighted by Crippen LogP contribution is -2.29. The van der Waals surface area contributed by atoms with Crippen LogP contribution in [0.3, 0.4) is 0 Å². The van der Waals surface area contributed by atoms with Crippen molar-refractivity contribution in [2.75, 3.05) is 0 Å². The Morgan fingerprint density at radius 1 is 1.00 bits per heavy atom. The molecule has 2 nitrogen and oxygen atoms in total. The highest BCUT2D eigenvalue weighted by Crippen LogP contribution is 2.23. The summed E-state index contributed by atoms with van der Waals surface area (Å²) in [5, 5.41) is 0. The summed E-state index contributed by atoms with van der Waals surface area (Å²) >= 11 is 0. The van der Waals surface area contributed by atoms with Gasteiger partial charge in [-0.15, -0.1) is 0 Å². The fourth-order valence-corrected chi connectivity index (χ4v) is 2.44. The van der Waals surface area contributed by atoms with Gasteiger partial charge in [-0.25, -0.2) is 0 Å². The van der Waals surface area contributed by atoms with Crippen molar-refractivity contribution in [3.63, 3.8) is 0 Å². The van der Waals surface area contributed by atoms with E-state index in [-0.39, 0.29) is 6.04 Å². The van der Waals surface area contributed by atoms with Gasteiger partial charge < -0.3 is 0 Å². The van der Waals surface area contributed by atoms with Gasteiger partial charge >= 0.3 is 0 Å². The summed E-state index contributed by atoms with van der Waals surface area (Å²) in [6, 6.07) is 17.2. The van der Waals surface area contributed by atoms with Crippen LogP contribution in [-0.2, 0) is 6.42 Å². The second-order valence-corrected chi connectivity index (χ2v) is 5.03. The summed E-state index contributed by atoms with van der Waals surface area (Å²) in [4.78, 5) is 0. The number of hydrazine groups is 1. The number of nitrogens with two attached hydrogens (primary N) is 1. The monoisotopic (exact) mass is 254 g/mol. The van der Waals surface area contributed by atoms with Gasteiger partial charge in [-0.1, -0.05) is 48.5 Å². The molecule has 2 rings (SSSR count). The fraction of sp³-hybridized carbons (Fsp3) is 0.294. The van der Waals surface area contributed by atoms with E-state index in [1.54, 1.807) is 0 Å². The van der Waals surface area contributed by atoms with E-state index >= 15 is 0 Å². The van der Waals surface area contributed by atoms with E-state index in [9.17, 15) is 0 Å². The molecule has 0 aliphatic heterocycles. The molecule has 2 heteroatoms. The van der Waals surface area contributed by atoms with Crippen LogP contribution in [0.4, 0.5) is 0 Å². The summed E-state index contributed by atoms with van der Waals surface area (Å²) in [5.41, 5.74) is 8.26. The van der Waals surface area contributed by atoms with E-state index < -0.39 is 0 Å². The lowest BCUT2D eigenvalue weighted by Gasteiger charge is -2.19. The molecule has 0 aliphatic carbocycles. The molecule has 0 aromatic heterocycles. The van der Waals surface area contributed by atoms with E-state index in [1.165, 1.54) is 22.3 Å². The third-order valence-corrected chi connectivity index (χ3v) is 3.79. The van der Waals surface area contributed by atoms with Gasteiger partial charge in [0.15, 0.2) is 0 Å². The zero-order chi connectivity index (χ0) is 13.7. The second-order valence-electron chi connectivity index (χ2n) is 5.03. The molecule has 1 unspecified atom stereocenters. The number of aryl methyl sites for hydroxylation is 2. The van der Waals surface area contributed by atoms with Crippen molar-refractivity contribution >= 4 is 0 Å². The van der Waals surface area contributed by atoms with E-state index in [0.717, 1.165) is 12.8 Å². The minimum Gasteiger partial charge on any atom is -0.271 e. The van der Waals surface area contributed by atoms with Crippen LogP contribution >= 0.6 is 0 Å². The number of hydrogen-bond donors (Lipinski definition) is 2. The number of rotatable bonds is 5. The van der Waals surface area contributed by atoms with Gasteiger partial charge in [-0.3, -0.25) is 11.3 Å². The fourth-order valence-electron chi connectivity index (χ4n) is 2.44. The molecule has 0 radical (unpaired) electrons. The predicted octanol–water partition coefficient (Wildman–Crippen LogP) is 3.44. The van der Waals surface area contributed by atoms with Crippen LogP contribution in [0.15, 0.2) is 48.5 Å². The summed E-state index contributed by atoms with van der Waals surface area (Å²) in [5.74, 6) is 5.74. The molecule has 0 fully saturated rings. The maximum atomic E-state index is 5.74. The first-order valence-corrected chi connectivity index (χ1v) is 6.78. The molecule has 0 amide bonds. The van der Waals surface area contributed by atoms with E-state index in [1.807, 2.05) is 6.07 Å². The smallest absolute Gasteiger partial charge is 0.0465 e. The molecule has 2 aromatic carbocycles. The normalized spacial score (nSPS) is 12.4. The Labute approximate surface area is 115 Å². The summed E-state index contributed by atoms with van der Waals surface area (Å²) in [6.45, 7) is 4.31. The zero-order valence-corrected chi connectivity index (χ0v) is 11.7. The Hall–Kier alpha value is -1.64. The largest absolute Gasteiger partial charge is 0.271 e. The quantitative estimate of drug-likeness (QED) is 0.633. The molecule has 0 bridgehead atoms. The Balaban J connectivity index is 2.10. The van der Waals surface area contributed by atoms with E-state index in [0.29, 0.717) is 0 Å². The second kappa shape index (κ2) is 6.50. The van der Waals surface area contributed by atoms with Gasteiger partial charge in [-0.05, 0) is 48.9 Å². The highest BCUT2D eigenvalue weighted by Gasteiger charge is 2.12. The zero-order valence-electron chi connectivity index (χ0n) is 11.7. The van der Waals surface area contributed by atoms with Crippen molar-refractivity contribution in [2.45, 2.75) is 32.7 Å². The van der Waals surface area contributed by atoms with Crippen LogP contribution in [0.1, 0.15) is 34.7 Å². The molecule has 0 heterocycles. The van der Waals surface area contributed by atoms with Gasteiger partial charge in [0.2, 0.25) is 0 Å². The number of nitrogens with one attached hydrogen (secondary N) is 1. The van der Waals surface area contributed by atoms with Crippen LogP contribution in [-0.4, -0.2) is 0 Å². The van der Waals surface area contributed by atoms with Crippen molar-refractivity contribution in [2.24, 2.45) is 5.84 Å². The molecular formula is C17H22N2. The Morgan fingerprint density at radius 3 is 2.42 bits per heavy atom. The molecule has 100 valence electrons. The third-order valence-electron chi connectivity index (χ3n) is 3.79. The van der Waals surface area contributed by atoms with E-state index in [2.05, 4.69) is 61.7 Å². The average molecular weight is 254 g/mol. The molecule has 19 heavy (non-hydrogen) atoms.